The molecule has 1 atom stereocenters. The highest BCUT2D eigenvalue weighted by Crippen LogP contribution is 2.44. The summed E-state index contributed by atoms with van der Waals surface area (Å²) in [4.78, 5) is 12.9. The van der Waals surface area contributed by atoms with Gasteiger partial charge in [-0.15, -0.1) is 0 Å². The van der Waals surface area contributed by atoms with E-state index in [1.807, 2.05) is 13.0 Å². The van der Waals surface area contributed by atoms with Crippen LogP contribution in [0.25, 0.3) is 11.1 Å². The van der Waals surface area contributed by atoms with Crippen LogP contribution < -0.4 is 0 Å². The van der Waals surface area contributed by atoms with Gasteiger partial charge in [-0.2, -0.15) is 0 Å². The first-order valence-electron chi connectivity index (χ1n) is 9.41. The van der Waals surface area contributed by atoms with Gasteiger partial charge in [-0.25, -0.2) is 0 Å². The summed E-state index contributed by atoms with van der Waals surface area (Å²) in [5.41, 5.74) is 9.03. The van der Waals surface area contributed by atoms with Crippen LogP contribution in [0, 0.1) is 6.92 Å². The largest absolute Gasteiger partial charge is 0.393 e. The number of allylic oxidation sites excluding steroid dienone is 3. The van der Waals surface area contributed by atoms with Gasteiger partial charge in [-0.3, -0.25) is 4.79 Å². The van der Waals surface area contributed by atoms with E-state index in [0.29, 0.717) is 12.8 Å². The minimum atomic E-state index is -0.337. The highest BCUT2D eigenvalue weighted by Gasteiger charge is 2.32. The number of aliphatic hydroxyl groups is 1. The molecular formula is C24H24O2. The van der Waals surface area contributed by atoms with Crippen molar-refractivity contribution in [2.75, 3.05) is 0 Å². The van der Waals surface area contributed by atoms with E-state index in [0.717, 1.165) is 40.7 Å². The van der Waals surface area contributed by atoms with Crippen LogP contribution in [0.5, 0.6) is 0 Å². The van der Waals surface area contributed by atoms with E-state index >= 15 is 0 Å². The van der Waals surface area contributed by atoms with Crippen molar-refractivity contribution < 1.29 is 9.90 Å². The van der Waals surface area contributed by atoms with Crippen molar-refractivity contribution in [2.24, 2.45) is 0 Å². The zero-order valence-corrected chi connectivity index (χ0v) is 15.4. The zero-order chi connectivity index (χ0) is 18.3. The van der Waals surface area contributed by atoms with Crippen LogP contribution in [0.4, 0.5) is 0 Å². The van der Waals surface area contributed by atoms with E-state index in [9.17, 15) is 9.90 Å². The quantitative estimate of drug-likeness (QED) is 0.821. The molecule has 2 heteroatoms. The van der Waals surface area contributed by atoms with Gasteiger partial charge in [0.15, 0.2) is 5.78 Å². The number of ketones is 1. The van der Waals surface area contributed by atoms with Gasteiger partial charge >= 0.3 is 0 Å². The summed E-state index contributed by atoms with van der Waals surface area (Å²) >= 11 is 0. The van der Waals surface area contributed by atoms with Crippen LogP contribution in [0.3, 0.4) is 0 Å². The van der Waals surface area contributed by atoms with Gasteiger partial charge in [0, 0.05) is 12.0 Å². The maximum atomic E-state index is 12.9. The molecule has 0 spiro atoms. The van der Waals surface area contributed by atoms with Crippen molar-refractivity contribution in [1.29, 1.82) is 0 Å². The van der Waals surface area contributed by atoms with E-state index in [4.69, 9.17) is 0 Å². The summed E-state index contributed by atoms with van der Waals surface area (Å²) in [6.07, 6.45) is 4.43. The first-order chi connectivity index (χ1) is 12.6. The molecule has 2 aliphatic carbocycles. The molecule has 0 heterocycles. The monoisotopic (exact) mass is 344 g/mol. The average molecular weight is 344 g/mol. The average Bonchev–Trinajstić information content (AvgIpc) is 3.15. The van der Waals surface area contributed by atoms with Crippen molar-refractivity contribution in [3.05, 3.63) is 81.9 Å². The molecule has 2 nitrogen and oxygen atoms in total. The van der Waals surface area contributed by atoms with Gasteiger partial charge in [0.05, 0.1) is 6.10 Å². The molecule has 2 aromatic carbocycles. The summed E-state index contributed by atoms with van der Waals surface area (Å²) in [7, 11) is 0. The molecule has 132 valence electrons. The molecule has 26 heavy (non-hydrogen) atoms. The smallest absolute Gasteiger partial charge is 0.168 e. The van der Waals surface area contributed by atoms with Gasteiger partial charge < -0.3 is 5.11 Å². The number of carbonyl (C=O) groups excluding carboxylic acids is 1. The molecule has 1 N–H and O–H groups in total. The standard InChI is InChI=1S/C24H24O2/c1-3-18(25)9-11-21-19-7-5-4-6-16(19)13-22(21)24-20-10-8-15(2)12-17(20)14-23(24)26/h4-8,10-12,18,25H,3,9,13-14H2,1-2H3/b21-11?,24-22+. The lowest BCUT2D eigenvalue weighted by Crippen LogP contribution is -2.03. The molecule has 0 aromatic heterocycles. The molecule has 0 aliphatic heterocycles. The lowest BCUT2D eigenvalue weighted by atomic mass is 9.94. The highest BCUT2D eigenvalue weighted by atomic mass is 16.3. The van der Waals surface area contributed by atoms with Gasteiger partial charge in [-0.1, -0.05) is 61.0 Å². The number of rotatable bonds is 3. The summed E-state index contributed by atoms with van der Waals surface area (Å²) < 4.78 is 0. The van der Waals surface area contributed by atoms with Crippen molar-refractivity contribution in [3.63, 3.8) is 0 Å². The Kier molecular flexibility index (Phi) is 4.37. The number of fused-ring (bicyclic) bond motifs is 2. The molecular weight excluding hydrogens is 320 g/mol. The summed E-state index contributed by atoms with van der Waals surface area (Å²) in [6.45, 7) is 4.06. The van der Waals surface area contributed by atoms with Gasteiger partial charge in [0.25, 0.3) is 0 Å². The molecule has 1 unspecified atom stereocenters. The molecule has 0 saturated carbocycles. The number of Topliss-reactive ketones (excluding diaryl/α,β-unsaturated/α-hetero) is 1. The number of benzene rings is 2. The first kappa shape index (κ1) is 17.0. The van der Waals surface area contributed by atoms with Crippen LogP contribution in [0.2, 0.25) is 0 Å². The SMILES string of the molecule is CCC(O)CC=C1/C(=C2/C(=O)Cc3cc(C)ccc32)Cc2ccccc21. The lowest BCUT2D eigenvalue weighted by Gasteiger charge is -2.10. The van der Waals surface area contributed by atoms with Crippen LogP contribution >= 0.6 is 0 Å². The summed E-state index contributed by atoms with van der Waals surface area (Å²) in [6, 6.07) is 14.7. The fourth-order valence-electron chi connectivity index (χ4n) is 4.12. The van der Waals surface area contributed by atoms with E-state index in [1.54, 1.807) is 0 Å². The van der Waals surface area contributed by atoms with Gasteiger partial charge in [-0.05, 0) is 59.6 Å². The summed E-state index contributed by atoms with van der Waals surface area (Å²) in [5, 5.41) is 10.0. The second-order valence-electron chi connectivity index (χ2n) is 7.36. The van der Waals surface area contributed by atoms with Crippen molar-refractivity contribution >= 4 is 16.9 Å². The molecule has 0 fully saturated rings. The number of aryl methyl sites for hydroxylation is 1. The summed E-state index contributed by atoms with van der Waals surface area (Å²) in [5.74, 6) is 0.218. The number of aliphatic hydroxyl groups excluding tert-OH is 1. The Labute approximate surface area is 154 Å². The molecule has 0 saturated heterocycles. The Morgan fingerprint density at radius 3 is 2.69 bits per heavy atom. The van der Waals surface area contributed by atoms with Crippen molar-refractivity contribution in [1.82, 2.24) is 0 Å². The number of carbonyl (C=O) groups is 1. The van der Waals surface area contributed by atoms with E-state index in [2.05, 4.69) is 49.4 Å². The normalized spacial score (nSPS) is 21.2. The maximum Gasteiger partial charge on any atom is 0.168 e. The Morgan fingerprint density at radius 2 is 1.88 bits per heavy atom. The lowest BCUT2D eigenvalue weighted by molar-refractivity contribution is -0.112. The molecule has 4 rings (SSSR count). The van der Waals surface area contributed by atoms with Crippen LogP contribution in [0.15, 0.2) is 54.1 Å². The van der Waals surface area contributed by atoms with E-state index in [-0.39, 0.29) is 11.9 Å². The number of hydrogen-bond donors (Lipinski definition) is 1. The molecule has 0 amide bonds. The van der Waals surface area contributed by atoms with E-state index in [1.165, 1.54) is 16.7 Å². The minimum Gasteiger partial charge on any atom is -0.393 e. The predicted molar refractivity (Wildman–Crippen MR) is 106 cm³/mol. The molecule has 0 radical (unpaired) electrons. The van der Waals surface area contributed by atoms with Crippen LogP contribution in [0.1, 0.15) is 47.6 Å². The zero-order valence-electron chi connectivity index (χ0n) is 15.4. The Morgan fingerprint density at radius 1 is 1.08 bits per heavy atom. The van der Waals surface area contributed by atoms with Crippen LogP contribution in [-0.4, -0.2) is 17.0 Å². The van der Waals surface area contributed by atoms with Gasteiger partial charge in [0.2, 0.25) is 0 Å². The first-order valence-corrected chi connectivity index (χ1v) is 9.41. The third-order valence-electron chi connectivity index (χ3n) is 5.53. The van der Waals surface area contributed by atoms with Crippen molar-refractivity contribution in [2.45, 2.75) is 45.6 Å². The molecule has 2 aromatic rings. The Balaban J connectivity index is 1.88. The topological polar surface area (TPSA) is 37.3 Å². The Bertz CT molecular complexity index is 946. The second kappa shape index (κ2) is 6.69. The minimum absolute atomic E-state index is 0.218. The molecule has 0 bridgehead atoms. The third kappa shape index (κ3) is 2.85. The van der Waals surface area contributed by atoms with Crippen molar-refractivity contribution in [3.8, 4) is 0 Å². The number of hydrogen-bond acceptors (Lipinski definition) is 2. The maximum absolute atomic E-state index is 12.9. The fourth-order valence-corrected chi connectivity index (χ4v) is 4.12. The fraction of sp³-hybridized carbons (Fsp3) is 0.292. The Hall–Kier alpha value is -2.45. The molecule has 2 aliphatic rings. The second-order valence-corrected chi connectivity index (χ2v) is 7.36. The van der Waals surface area contributed by atoms with E-state index < -0.39 is 0 Å². The van der Waals surface area contributed by atoms with Gasteiger partial charge in [0.1, 0.15) is 0 Å². The third-order valence-corrected chi connectivity index (χ3v) is 5.53. The predicted octanol–water partition coefficient (Wildman–Crippen LogP) is 4.67. The highest BCUT2D eigenvalue weighted by molar-refractivity contribution is 6.28. The van der Waals surface area contributed by atoms with Crippen LogP contribution in [-0.2, 0) is 17.6 Å².